The van der Waals surface area contributed by atoms with Crippen LogP contribution >= 0.6 is 0 Å². The molecule has 0 aliphatic rings. The van der Waals surface area contributed by atoms with E-state index in [4.69, 9.17) is 10.5 Å². The van der Waals surface area contributed by atoms with Crippen LogP contribution in [0, 0.1) is 0 Å². The zero-order valence-electron chi connectivity index (χ0n) is 13.3. The maximum Gasteiger partial charge on any atom is 0.127 e. The Morgan fingerprint density at radius 3 is 2.26 bits per heavy atom. The van der Waals surface area contributed by atoms with Crippen LogP contribution in [0.15, 0.2) is 54.6 Å². The Hall–Kier alpha value is -2.66. The third kappa shape index (κ3) is 3.24. The zero-order chi connectivity index (χ0) is 16.2. The van der Waals surface area contributed by atoms with Gasteiger partial charge in [0.25, 0.3) is 0 Å². The first-order valence-electron chi connectivity index (χ1n) is 7.67. The van der Waals surface area contributed by atoms with Crippen LogP contribution < -0.4 is 10.5 Å². The number of nitrogens with zero attached hydrogens (tertiary/aromatic N) is 3. The Bertz CT molecular complexity index is 763. The van der Waals surface area contributed by atoms with Crippen molar-refractivity contribution in [2.45, 2.75) is 26.3 Å². The second-order valence-electron chi connectivity index (χ2n) is 5.60. The second-order valence-corrected chi connectivity index (χ2v) is 5.60. The Morgan fingerprint density at radius 1 is 1.00 bits per heavy atom. The fourth-order valence-corrected chi connectivity index (χ4v) is 2.51. The summed E-state index contributed by atoms with van der Waals surface area (Å²) >= 11 is 0. The summed E-state index contributed by atoms with van der Waals surface area (Å²) in [6, 6.07) is 17.5. The summed E-state index contributed by atoms with van der Waals surface area (Å²) in [6.45, 7) is 4.62. The van der Waals surface area contributed by atoms with Gasteiger partial charge < -0.3 is 10.5 Å². The Balaban J connectivity index is 1.87. The predicted molar refractivity (Wildman–Crippen MR) is 89.9 cm³/mol. The van der Waals surface area contributed by atoms with Gasteiger partial charge in [0.05, 0.1) is 11.4 Å². The molecular weight excluding hydrogens is 288 g/mol. The van der Waals surface area contributed by atoms with Crippen LogP contribution in [0.2, 0.25) is 0 Å². The zero-order valence-corrected chi connectivity index (χ0v) is 13.3. The molecule has 2 aromatic carbocycles. The normalized spacial score (nSPS) is 11.0. The lowest BCUT2D eigenvalue weighted by Gasteiger charge is -2.11. The minimum absolute atomic E-state index is 0.295. The lowest BCUT2D eigenvalue weighted by Crippen LogP contribution is -2.07. The van der Waals surface area contributed by atoms with Gasteiger partial charge in [0, 0.05) is 6.54 Å². The molecule has 0 unspecified atom stereocenters. The van der Waals surface area contributed by atoms with Crippen molar-refractivity contribution >= 4 is 0 Å². The first-order valence-corrected chi connectivity index (χ1v) is 7.67. The summed E-state index contributed by atoms with van der Waals surface area (Å²) in [5.74, 6) is 1.89. The van der Waals surface area contributed by atoms with Crippen LogP contribution in [0.5, 0.6) is 11.5 Å². The largest absolute Gasteiger partial charge is 0.457 e. The number of benzene rings is 2. The van der Waals surface area contributed by atoms with Gasteiger partial charge in [-0.05, 0) is 42.3 Å². The third-order valence-corrected chi connectivity index (χ3v) is 3.58. The highest BCUT2D eigenvalue weighted by Gasteiger charge is 2.16. The van der Waals surface area contributed by atoms with Crippen molar-refractivity contribution in [1.29, 1.82) is 0 Å². The van der Waals surface area contributed by atoms with E-state index in [9.17, 15) is 0 Å². The number of rotatable bonds is 5. The molecule has 1 heterocycles. The van der Waals surface area contributed by atoms with Crippen LogP contribution in [-0.4, -0.2) is 15.0 Å². The monoisotopic (exact) mass is 308 g/mol. The fraction of sp³-hybridized carbons (Fsp3) is 0.222. The van der Waals surface area contributed by atoms with E-state index in [0.717, 1.165) is 28.6 Å². The van der Waals surface area contributed by atoms with E-state index in [2.05, 4.69) is 24.2 Å². The first kappa shape index (κ1) is 15.2. The van der Waals surface area contributed by atoms with Gasteiger partial charge in [-0.15, -0.1) is 5.10 Å². The van der Waals surface area contributed by atoms with Crippen molar-refractivity contribution in [1.82, 2.24) is 15.0 Å². The fourth-order valence-electron chi connectivity index (χ4n) is 2.51. The minimum Gasteiger partial charge on any atom is -0.457 e. The third-order valence-electron chi connectivity index (χ3n) is 3.58. The highest BCUT2D eigenvalue weighted by atomic mass is 16.5. The van der Waals surface area contributed by atoms with Crippen molar-refractivity contribution in [3.63, 3.8) is 0 Å². The summed E-state index contributed by atoms with van der Waals surface area (Å²) in [4.78, 5) is 0. The van der Waals surface area contributed by atoms with Gasteiger partial charge in [-0.2, -0.15) is 0 Å². The molecule has 23 heavy (non-hydrogen) atoms. The van der Waals surface area contributed by atoms with Gasteiger partial charge in [0.1, 0.15) is 17.2 Å². The molecule has 0 aliphatic carbocycles. The predicted octanol–water partition coefficient (Wildman–Crippen LogP) is 3.64. The molecule has 0 saturated carbocycles. The molecule has 2 N–H and O–H groups in total. The molecule has 5 nitrogen and oxygen atoms in total. The second kappa shape index (κ2) is 6.62. The quantitative estimate of drug-likeness (QED) is 0.781. The van der Waals surface area contributed by atoms with Crippen LogP contribution in [0.25, 0.3) is 5.69 Å². The van der Waals surface area contributed by atoms with E-state index in [1.54, 1.807) is 0 Å². The average molecular weight is 308 g/mol. The highest BCUT2D eigenvalue weighted by molar-refractivity contribution is 5.40. The van der Waals surface area contributed by atoms with E-state index < -0.39 is 0 Å². The smallest absolute Gasteiger partial charge is 0.127 e. The maximum absolute atomic E-state index is 5.81. The molecule has 5 heteroatoms. The Morgan fingerprint density at radius 2 is 1.65 bits per heavy atom. The molecule has 0 saturated heterocycles. The average Bonchev–Trinajstić information content (AvgIpc) is 3.01. The maximum atomic E-state index is 5.81. The standard InChI is InChI=1S/C18H20N4O/c1-13(2)18-17(12-19)20-21-22(18)14-8-10-16(11-9-14)23-15-6-4-3-5-7-15/h3-11,13H,12,19H2,1-2H3. The molecule has 0 fully saturated rings. The van der Waals surface area contributed by atoms with Crippen molar-refractivity contribution in [2.24, 2.45) is 5.73 Å². The summed E-state index contributed by atoms with van der Waals surface area (Å²) in [7, 11) is 0. The molecule has 0 aliphatic heterocycles. The van der Waals surface area contributed by atoms with Gasteiger partial charge in [-0.1, -0.05) is 37.3 Å². The SMILES string of the molecule is CC(C)c1c(CN)nnn1-c1ccc(Oc2ccccc2)cc1. The first-order chi connectivity index (χ1) is 11.2. The minimum atomic E-state index is 0.295. The number of aromatic nitrogens is 3. The van der Waals surface area contributed by atoms with Gasteiger partial charge in [0.2, 0.25) is 0 Å². The molecule has 1 aromatic heterocycles. The molecule has 0 spiro atoms. The Kier molecular flexibility index (Phi) is 4.39. The molecule has 0 atom stereocenters. The van der Waals surface area contributed by atoms with Crippen molar-refractivity contribution in [3.05, 3.63) is 66.0 Å². The van der Waals surface area contributed by atoms with E-state index in [1.807, 2.05) is 59.3 Å². The van der Waals surface area contributed by atoms with E-state index in [0.29, 0.717) is 12.5 Å². The molecule has 3 rings (SSSR count). The summed E-state index contributed by atoms with van der Waals surface area (Å²) < 4.78 is 7.65. The highest BCUT2D eigenvalue weighted by Crippen LogP contribution is 2.25. The van der Waals surface area contributed by atoms with Gasteiger partial charge in [-0.25, -0.2) is 4.68 Å². The van der Waals surface area contributed by atoms with Crippen LogP contribution in [-0.2, 0) is 6.54 Å². The molecule has 0 radical (unpaired) electrons. The summed E-state index contributed by atoms with van der Waals surface area (Å²) in [5, 5.41) is 8.42. The van der Waals surface area contributed by atoms with Crippen molar-refractivity contribution < 1.29 is 4.74 Å². The summed E-state index contributed by atoms with van der Waals surface area (Å²) in [6.07, 6.45) is 0. The van der Waals surface area contributed by atoms with Crippen LogP contribution in [0.4, 0.5) is 0 Å². The lowest BCUT2D eigenvalue weighted by atomic mass is 10.1. The Labute approximate surface area is 135 Å². The molecule has 0 bridgehead atoms. The number of nitrogens with two attached hydrogens (primary N) is 1. The van der Waals surface area contributed by atoms with Gasteiger partial charge in [-0.3, -0.25) is 0 Å². The van der Waals surface area contributed by atoms with E-state index >= 15 is 0 Å². The molecule has 0 amide bonds. The van der Waals surface area contributed by atoms with Crippen LogP contribution in [0.3, 0.4) is 0 Å². The lowest BCUT2D eigenvalue weighted by molar-refractivity contribution is 0.482. The number of hydrogen-bond acceptors (Lipinski definition) is 4. The van der Waals surface area contributed by atoms with E-state index in [1.165, 1.54) is 0 Å². The van der Waals surface area contributed by atoms with Gasteiger partial charge >= 0.3 is 0 Å². The van der Waals surface area contributed by atoms with Gasteiger partial charge in [0.15, 0.2) is 0 Å². The topological polar surface area (TPSA) is 66.0 Å². The number of hydrogen-bond donors (Lipinski definition) is 1. The van der Waals surface area contributed by atoms with Crippen molar-refractivity contribution in [3.8, 4) is 17.2 Å². The van der Waals surface area contributed by atoms with Crippen molar-refractivity contribution in [2.75, 3.05) is 0 Å². The summed E-state index contributed by atoms with van der Waals surface area (Å²) in [5.41, 5.74) is 8.58. The molecule has 3 aromatic rings. The number of ether oxygens (including phenoxy) is 1. The van der Waals surface area contributed by atoms with Crippen LogP contribution in [0.1, 0.15) is 31.2 Å². The molecular formula is C18H20N4O. The van der Waals surface area contributed by atoms with E-state index in [-0.39, 0.29) is 0 Å². The number of para-hydroxylation sites is 1. The molecule has 118 valence electrons.